The lowest BCUT2D eigenvalue weighted by Gasteiger charge is -2.04. The van der Waals surface area contributed by atoms with Gasteiger partial charge in [-0.2, -0.15) is 0 Å². The van der Waals surface area contributed by atoms with Gasteiger partial charge in [0, 0.05) is 10.6 Å². The Balaban J connectivity index is 1.47. The number of benzene rings is 2. The van der Waals surface area contributed by atoms with Crippen LogP contribution in [0.4, 0.5) is 6.01 Å². The normalized spacial score (nSPS) is 10.3. The lowest BCUT2D eigenvalue weighted by molar-refractivity contribution is -0.146. The minimum absolute atomic E-state index is 0.0448. The first kappa shape index (κ1) is 17.6. The summed E-state index contributed by atoms with van der Waals surface area (Å²) in [6.45, 7) is -0.449. The van der Waals surface area contributed by atoms with E-state index in [1.807, 2.05) is 18.2 Å². The van der Waals surface area contributed by atoms with Crippen molar-refractivity contribution in [1.82, 2.24) is 10.2 Å². The zero-order valence-electron chi connectivity index (χ0n) is 13.5. The number of halogens is 1. The second kappa shape index (κ2) is 8.26. The quantitative estimate of drug-likeness (QED) is 0.669. The molecule has 0 atom stereocenters. The van der Waals surface area contributed by atoms with E-state index in [0.29, 0.717) is 5.02 Å². The third-order valence-electron chi connectivity index (χ3n) is 3.32. The summed E-state index contributed by atoms with van der Waals surface area (Å²) in [5.41, 5.74) is 1.47. The Bertz CT molecular complexity index is 894. The molecule has 3 rings (SSSR count). The van der Waals surface area contributed by atoms with E-state index < -0.39 is 18.5 Å². The maximum Gasteiger partial charge on any atom is 0.322 e. The predicted octanol–water partition coefficient (Wildman–Crippen LogP) is 3.11. The number of amides is 1. The monoisotopic (exact) mass is 371 g/mol. The molecule has 2 aromatic carbocycles. The van der Waals surface area contributed by atoms with Crippen LogP contribution in [-0.4, -0.2) is 28.7 Å². The Morgan fingerprint density at radius 2 is 1.77 bits per heavy atom. The summed E-state index contributed by atoms with van der Waals surface area (Å²) in [6, 6.07) is 15.8. The van der Waals surface area contributed by atoms with E-state index in [9.17, 15) is 9.59 Å². The van der Waals surface area contributed by atoms with Crippen LogP contribution < -0.4 is 5.32 Å². The van der Waals surface area contributed by atoms with Crippen LogP contribution in [0.2, 0.25) is 5.02 Å². The van der Waals surface area contributed by atoms with E-state index in [1.54, 1.807) is 36.4 Å². The largest absolute Gasteiger partial charge is 0.455 e. The summed E-state index contributed by atoms with van der Waals surface area (Å²) >= 11 is 5.78. The molecule has 0 aliphatic rings. The zero-order chi connectivity index (χ0) is 18.4. The molecule has 0 saturated carbocycles. The van der Waals surface area contributed by atoms with Crippen LogP contribution >= 0.6 is 11.6 Å². The zero-order valence-corrected chi connectivity index (χ0v) is 14.3. The maximum atomic E-state index is 11.8. The van der Waals surface area contributed by atoms with Gasteiger partial charge in [-0.05, 0) is 29.8 Å². The van der Waals surface area contributed by atoms with Crippen molar-refractivity contribution >= 4 is 29.5 Å². The number of hydrogen-bond acceptors (Lipinski definition) is 6. The van der Waals surface area contributed by atoms with Crippen molar-refractivity contribution in [3.63, 3.8) is 0 Å². The Labute approximate surface area is 153 Å². The van der Waals surface area contributed by atoms with Crippen LogP contribution in [0.1, 0.15) is 5.56 Å². The molecule has 132 valence electrons. The number of carbonyl (C=O) groups is 2. The summed E-state index contributed by atoms with van der Waals surface area (Å²) in [7, 11) is 0. The average Bonchev–Trinajstić information content (AvgIpc) is 3.11. The number of esters is 1. The summed E-state index contributed by atoms with van der Waals surface area (Å²) in [5.74, 6) is -0.823. The first-order valence-corrected chi connectivity index (χ1v) is 8.07. The standard InChI is InChI=1S/C18H14ClN3O4/c19-14-8-6-12(7-9-14)10-16(24)25-11-15(23)20-18-22-21-17(26-18)13-4-2-1-3-5-13/h1-9H,10-11H2,(H,20,22,23). The lowest BCUT2D eigenvalue weighted by Crippen LogP contribution is -2.21. The van der Waals surface area contributed by atoms with Gasteiger partial charge >= 0.3 is 12.0 Å². The highest BCUT2D eigenvalue weighted by molar-refractivity contribution is 6.30. The van der Waals surface area contributed by atoms with Gasteiger partial charge in [0.05, 0.1) is 6.42 Å². The second-order valence-corrected chi connectivity index (χ2v) is 5.73. The van der Waals surface area contributed by atoms with Crippen LogP contribution in [-0.2, 0) is 20.7 Å². The molecule has 1 amide bonds. The smallest absolute Gasteiger partial charge is 0.322 e. The Morgan fingerprint density at radius 3 is 2.50 bits per heavy atom. The molecule has 8 heteroatoms. The molecule has 0 unspecified atom stereocenters. The molecule has 0 radical (unpaired) electrons. The van der Waals surface area contributed by atoms with Gasteiger partial charge in [0.15, 0.2) is 6.61 Å². The highest BCUT2D eigenvalue weighted by Gasteiger charge is 2.13. The highest BCUT2D eigenvalue weighted by Crippen LogP contribution is 2.18. The summed E-state index contributed by atoms with van der Waals surface area (Å²) < 4.78 is 10.3. The number of aromatic nitrogens is 2. The number of ether oxygens (including phenoxy) is 1. The lowest BCUT2D eigenvalue weighted by atomic mass is 10.1. The van der Waals surface area contributed by atoms with E-state index in [1.165, 1.54) is 0 Å². The van der Waals surface area contributed by atoms with Crippen molar-refractivity contribution in [1.29, 1.82) is 0 Å². The number of hydrogen-bond donors (Lipinski definition) is 1. The van der Waals surface area contributed by atoms with Crippen LogP contribution in [0.15, 0.2) is 59.0 Å². The molecule has 1 N–H and O–H groups in total. The molecule has 0 spiro atoms. The van der Waals surface area contributed by atoms with Crippen LogP contribution in [0.25, 0.3) is 11.5 Å². The van der Waals surface area contributed by atoms with Crippen molar-refractivity contribution in [3.05, 3.63) is 65.2 Å². The van der Waals surface area contributed by atoms with Gasteiger partial charge in [-0.15, -0.1) is 5.10 Å². The van der Waals surface area contributed by atoms with Gasteiger partial charge in [-0.3, -0.25) is 14.9 Å². The van der Waals surface area contributed by atoms with E-state index >= 15 is 0 Å². The van der Waals surface area contributed by atoms with E-state index in [0.717, 1.165) is 11.1 Å². The molecule has 26 heavy (non-hydrogen) atoms. The molecule has 1 heterocycles. The van der Waals surface area contributed by atoms with Crippen molar-refractivity contribution in [3.8, 4) is 11.5 Å². The molecule has 0 saturated heterocycles. The van der Waals surface area contributed by atoms with Crippen LogP contribution in [0.3, 0.4) is 0 Å². The third kappa shape index (κ3) is 4.90. The topological polar surface area (TPSA) is 94.3 Å². The number of anilines is 1. The fraction of sp³-hybridized carbons (Fsp3) is 0.111. The first-order valence-electron chi connectivity index (χ1n) is 7.69. The van der Waals surface area contributed by atoms with Gasteiger partial charge < -0.3 is 9.15 Å². The summed E-state index contributed by atoms with van der Waals surface area (Å²) in [6.07, 6.45) is 0.0448. The Kier molecular flexibility index (Phi) is 5.60. The number of carbonyl (C=O) groups excluding carboxylic acids is 2. The molecule has 1 aromatic heterocycles. The van der Waals surface area contributed by atoms with Gasteiger partial charge in [0.1, 0.15) is 0 Å². The molecule has 0 fully saturated rings. The minimum atomic E-state index is -0.572. The van der Waals surface area contributed by atoms with Crippen LogP contribution in [0, 0.1) is 0 Å². The molecule has 7 nitrogen and oxygen atoms in total. The number of nitrogens with zero attached hydrogens (tertiary/aromatic N) is 2. The van der Waals surface area contributed by atoms with Gasteiger partial charge in [-0.25, -0.2) is 0 Å². The fourth-order valence-corrected chi connectivity index (χ4v) is 2.22. The molecular formula is C18H14ClN3O4. The van der Waals surface area contributed by atoms with Crippen molar-refractivity contribution in [2.24, 2.45) is 0 Å². The summed E-state index contributed by atoms with van der Waals surface area (Å²) in [4.78, 5) is 23.6. The Morgan fingerprint density at radius 1 is 1.04 bits per heavy atom. The maximum absolute atomic E-state index is 11.8. The first-order chi connectivity index (χ1) is 12.6. The molecular weight excluding hydrogens is 358 g/mol. The SMILES string of the molecule is O=C(COC(=O)Cc1ccc(Cl)cc1)Nc1nnc(-c2ccccc2)o1. The minimum Gasteiger partial charge on any atom is -0.455 e. The molecule has 0 aliphatic carbocycles. The van der Waals surface area contributed by atoms with E-state index in [-0.39, 0.29) is 18.3 Å². The second-order valence-electron chi connectivity index (χ2n) is 5.29. The highest BCUT2D eigenvalue weighted by atomic mass is 35.5. The molecule has 0 bridgehead atoms. The molecule has 0 aliphatic heterocycles. The third-order valence-corrected chi connectivity index (χ3v) is 3.57. The van der Waals surface area contributed by atoms with Crippen molar-refractivity contribution in [2.45, 2.75) is 6.42 Å². The van der Waals surface area contributed by atoms with Gasteiger partial charge in [-0.1, -0.05) is 47.0 Å². The number of nitrogens with one attached hydrogen (secondary N) is 1. The van der Waals surface area contributed by atoms with E-state index in [4.69, 9.17) is 20.8 Å². The van der Waals surface area contributed by atoms with E-state index in [2.05, 4.69) is 15.5 Å². The molecule has 3 aromatic rings. The average molecular weight is 372 g/mol. The predicted molar refractivity (Wildman–Crippen MR) is 94.5 cm³/mol. The van der Waals surface area contributed by atoms with Crippen LogP contribution in [0.5, 0.6) is 0 Å². The fourth-order valence-electron chi connectivity index (χ4n) is 2.09. The number of rotatable bonds is 6. The summed E-state index contributed by atoms with van der Waals surface area (Å²) in [5, 5.41) is 10.5. The van der Waals surface area contributed by atoms with Gasteiger partial charge in [0.2, 0.25) is 5.89 Å². The van der Waals surface area contributed by atoms with Crippen molar-refractivity contribution in [2.75, 3.05) is 11.9 Å². The Hall–Kier alpha value is -3.19. The van der Waals surface area contributed by atoms with Gasteiger partial charge in [0.25, 0.3) is 5.91 Å². The van der Waals surface area contributed by atoms with Crippen molar-refractivity contribution < 1.29 is 18.7 Å².